The van der Waals surface area contributed by atoms with Crippen molar-refractivity contribution in [3.05, 3.63) is 30.3 Å². The van der Waals surface area contributed by atoms with Crippen molar-refractivity contribution < 1.29 is 22.7 Å². The third-order valence-electron chi connectivity index (χ3n) is 7.81. The number of morpholine rings is 1. The fourth-order valence-corrected chi connectivity index (χ4v) is 8.01. The van der Waals surface area contributed by atoms with Crippen molar-refractivity contribution >= 4 is 21.8 Å². The van der Waals surface area contributed by atoms with E-state index in [4.69, 9.17) is 10.5 Å². The predicted octanol–water partition coefficient (Wildman–Crippen LogP) is 0.873. The molecule has 1 aromatic carbocycles. The van der Waals surface area contributed by atoms with Gasteiger partial charge < -0.3 is 15.8 Å². The van der Waals surface area contributed by atoms with E-state index >= 15 is 0 Å². The fraction of sp³-hybridized carbons (Fsp3) is 0.636. The van der Waals surface area contributed by atoms with Crippen LogP contribution in [0.2, 0.25) is 0 Å². The van der Waals surface area contributed by atoms with E-state index in [1.54, 1.807) is 30.3 Å². The first-order valence-electron chi connectivity index (χ1n) is 11.1. The highest BCUT2D eigenvalue weighted by Crippen LogP contribution is 2.59. The molecule has 5 fully saturated rings. The number of carbonyl (C=O) groups excluding carboxylic acids is 2. The van der Waals surface area contributed by atoms with Gasteiger partial charge in [0.2, 0.25) is 15.9 Å². The third kappa shape index (κ3) is 3.56. The highest BCUT2D eigenvalue weighted by atomic mass is 32.2. The molecule has 1 heterocycles. The first kappa shape index (κ1) is 20.9. The van der Waals surface area contributed by atoms with E-state index in [-0.39, 0.29) is 54.3 Å². The third-order valence-corrected chi connectivity index (χ3v) is 9.69. The zero-order valence-electron chi connectivity index (χ0n) is 17.4. The van der Waals surface area contributed by atoms with Gasteiger partial charge in [0.15, 0.2) is 0 Å². The molecule has 5 aliphatic rings. The summed E-state index contributed by atoms with van der Waals surface area (Å²) in [5.41, 5.74) is 5.35. The minimum atomic E-state index is -3.67. The molecule has 6 rings (SSSR count). The standard InChI is InChI=1S/C22H29N3O5S/c23-21(27)22-10-14-8-15(11-22)19(16(9-14)12-22)24-20(26)18-13-25(6-7-30-18)31(28,29)17-4-2-1-3-5-17/h1-5,14-16,18-19H,6-13H2,(H2,23,27)(H,24,26). The number of sulfonamides is 1. The number of ether oxygens (including phenoxy) is 1. The molecular weight excluding hydrogens is 418 g/mol. The van der Waals surface area contributed by atoms with E-state index in [1.807, 2.05) is 0 Å². The molecule has 1 aliphatic heterocycles. The van der Waals surface area contributed by atoms with Crippen LogP contribution >= 0.6 is 0 Å². The summed E-state index contributed by atoms with van der Waals surface area (Å²) in [5.74, 6) is 0.536. The number of benzene rings is 1. The molecule has 4 aliphatic carbocycles. The van der Waals surface area contributed by atoms with Gasteiger partial charge in [0, 0.05) is 24.5 Å². The van der Waals surface area contributed by atoms with Gasteiger partial charge in [-0.3, -0.25) is 9.59 Å². The lowest BCUT2D eigenvalue weighted by atomic mass is 9.47. The lowest BCUT2D eigenvalue weighted by molar-refractivity contribution is -0.150. The Hall–Kier alpha value is -1.97. The molecule has 0 spiro atoms. The van der Waals surface area contributed by atoms with Crippen molar-refractivity contribution in [2.45, 2.75) is 49.1 Å². The van der Waals surface area contributed by atoms with Crippen molar-refractivity contribution in [1.29, 1.82) is 0 Å². The molecule has 2 amide bonds. The molecule has 1 saturated heterocycles. The summed E-state index contributed by atoms with van der Waals surface area (Å²) in [4.78, 5) is 25.4. The van der Waals surface area contributed by atoms with Crippen LogP contribution in [0.4, 0.5) is 0 Å². The number of hydrogen-bond acceptors (Lipinski definition) is 5. The van der Waals surface area contributed by atoms with Crippen molar-refractivity contribution in [1.82, 2.24) is 9.62 Å². The summed E-state index contributed by atoms with van der Waals surface area (Å²) < 4.78 is 32.9. The second kappa shape index (κ2) is 7.56. The molecule has 9 heteroatoms. The molecule has 4 saturated carbocycles. The quantitative estimate of drug-likeness (QED) is 0.694. The monoisotopic (exact) mass is 447 g/mol. The van der Waals surface area contributed by atoms with Gasteiger partial charge in [-0.25, -0.2) is 8.42 Å². The summed E-state index contributed by atoms with van der Waals surface area (Å²) in [5, 5.41) is 3.16. The van der Waals surface area contributed by atoms with E-state index in [2.05, 4.69) is 5.32 Å². The van der Waals surface area contributed by atoms with Gasteiger partial charge in [0.25, 0.3) is 5.91 Å². The van der Waals surface area contributed by atoms with E-state index in [1.165, 1.54) is 4.31 Å². The second-order valence-corrected chi connectivity index (χ2v) is 11.6. The predicted molar refractivity (Wildman–Crippen MR) is 112 cm³/mol. The zero-order valence-corrected chi connectivity index (χ0v) is 18.2. The minimum absolute atomic E-state index is 0.00103. The number of primary amides is 1. The number of carbonyl (C=O) groups is 2. The van der Waals surface area contributed by atoms with Gasteiger partial charge in [0.05, 0.1) is 11.5 Å². The van der Waals surface area contributed by atoms with Gasteiger partial charge in [0.1, 0.15) is 6.10 Å². The number of amides is 2. The van der Waals surface area contributed by atoms with Crippen LogP contribution in [0.15, 0.2) is 35.2 Å². The van der Waals surface area contributed by atoms with Crippen molar-refractivity contribution in [3.63, 3.8) is 0 Å². The normalized spacial score (nSPS) is 37.5. The second-order valence-electron chi connectivity index (χ2n) is 9.68. The fourth-order valence-electron chi connectivity index (χ4n) is 6.56. The SMILES string of the molecule is NC(=O)C12CC3CC(C1)C(NC(=O)C1CN(S(=O)(=O)c4ccccc4)CCO1)C(C3)C2. The molecular formula is C22H29N3O5S. The minimum Gasteiger partial charge on any atom is -0.369 e. The molecule has 31 heavy (non-hydrogen) atoms. The molecule has 0 aromatic heterocycles. The Labute approximate surface area is 182 Å². The lowest BCUT2D eigenvalue weighted by Gasteiger charge is -2.59. The van der Waals surface area contributed by atoms with Gasteiger partial charge in [-0.05, 0) is 62.0 Å². The maximum Gasteiger partial charge on any atom is 0.250 e. The Morgan fingerprint density at radius 1 is 1.10 bits per heavy atom. The molecule has 3 N–H and O–H groups in total. The van der Waals surface area contributed by atoms with Crippen LogP contribution < -0.4 is 11.1 Å². The highest BCUT2D eigenvalue weighted by molar-refractivity contribution is 7.89. The van der Waals surface area contributed by atoms with Crippen LogP contribution in [0.25, 0.3) is 0 Å². The average molecular weight is 448 g/mol. The Kier molecular flexibility index (Phi) is 5.10. The van der Waals surface area contributed by atoms with Gasteiger partial charge >= 0.3 is 0 Å². The first-order valence-corrected chi connectivity index (χ1v) is 12.5. The molecule has 1 aromatic rings. The summed E-state index contributed by atoms with van der Waals surface area (Å²) in [7, 11) is -3.67. The maximum atomic E-state index is 13.1. The molecule has 0 radical (unpaired) electrons. The van der Waals surface area contributed by atoms with Gasteiger partial charge in [-0.15, -0.1) is 0 Å². The van der Waals surface area contributed by atoms with Crippen LogP contribution in [0.3, 0.4) is 0 Å². The largest absolute Gasteiger partial charge is 0.369 e. The number of hydrogen-bond donors (Lipinski definition) is 2. The maximum absolute atomic E-state index is 13.1. The molecule has 168 valence electrons. The smallest absolute Gasteiger partial charge is 0.250 e. The molecule has 3 unspecified atom stereocenters. The number of nitrogens with two attached hydrogens (primary N) is 1. The van der Waals surface area contributed by atoms with E-state index in [0.29, 0.717) is 5.92 Å². The lowest BCUT2D eigenvalue weighted by Crippen LogP contribution is -2.63. The summed E-state index contributed by atoms with van der Waals surface area (Å²) in [6.07, 6.45) is 3.54. The summed E-state index contributed by atoms with van der Waals surface area (Å²) in [6, 6.07) is 8.25. The van der Waals surface area contributed by atoms with Crippen LogP contribution in [0.5, 0.6) is 0 Å². The van der Waals surface area contributed by atoms with Crippen LogP contribution in [-0.4, -0.2) is 56.4 Å². The molecule has 3 atom stereocenters. The Morgan fingerprint density at radius 2 is 1.77 bits per heavy atom. The van der Waals surface area contributed by atoms with Crippen LogP contribution in [0.1, 0.15) is 32.1 Å². The number of nitrogens with one attached hydrogen (secondary N) is 1. The topological polar surface area (TPSA) is 119 Å². The van der Waals surface area contributed by atoms with E-state index < -0.39 is 21.5 Å². The molecule has 8 nitrogen and oxygen atoms in total. The summed E-state index contributed by atoms with van der Waals surface area (Å²) in [6.45, 7) is 0.395. The van der Waals surface area contributed by atoms with E-state index in [9.17, 15) is 18.0 Å². The van der Waals surface area contributed by atoms with E-state index in [0.717, 1.165) is 32.1 Å². The molecule has 4 bridgehead atoms. The Balaban J connectivity index is 1.27. The Morgan fingerprint density at radius 3 is 2.42 bits per heavy atom. The highest BCUT2D eigenvalue weighted by Gasteiger charge is 2.58. The zero-order chi connectivity index (χ0) is 21.8. The van der Waals surface area contributed by atoms with Gasteiger partial charge in [-0.1, -0.05) is 18.2 Å². The average Bonchev–Trinajstić information content (AvgIpc) is 2.76. The first-order chi connectivity index (χ1) is 14.8. The van der Waals surface area contributed by atoms with Crippen molar-refractivity contribution in [3.8, 4) is 0 Å². The summed E-state index contributed by atoms with van der Waals surface area (Å²) >= 11 is 0. The van der Waals surface area contributed by atoms with Crippen molar-refractivity contribution in [2.75, 3.05) is 19.7 Å². The van der Waals surface area contributed by atoms with Gasteiger partial charge in [-0.2, -0.15) is 4.31 Å². The van der Waals surface area contributed by atoms with Crippen LogP contribution in [0, 0.1) is 23.2 Å². The van der Waals surface area contributed by atoms with Crippen molar-refractivity contribution in [2.24, 2.45) is 28.9 Å². The number of rotatable bonds is 5. The Bertz CT molecular complexity index is 966. The number of nitrogens with zero attached hydrogens (tertiary/aromatic N) is 1. The van der Waals surface area contributed by atoms with Crippen LogP contribution in [-0.2, 0) is 24.3 Å².